The summed E-state index contributed by atoms with van der Waals surface area (Å²) in [6.45, 7) is 1.50. The second kappa shape index (κ2) is 10.1. The van der Waals surface area contributed by atoms with Gasteiger partial charge in [0.25, 0.3) is 0 Å². The van der Waals surface area contributed by atoms with Crippen LogP contribution in [0.15, 0.2) is 30.5 Å². The number of thiophene rings is 1. The Kier molecular flexibility index (Phi) is 6.61. The van der Waals surface area contributed by atoms with Crippen LogP contribution in [-0.4, -0.2) is 35.2 Å². The lowest BCUT2D eigenvalue weighted by atomic mass is 9.91. The van der Waals surface area contributed by atoms with Crippen LogP contribution in [0, 0.1) is 23.0 Å². The first-order valence-corrected chi connectivity index (χ1v) is 13.5. The van der Waals surface area contributed by atoms with Crippen LogP contribution < -0.4 is 25.8 Å². The summed E-state index contributed by atoms with van der Waals surface area (Å²) in [6, 6.07) is 6.13. The van der Waals surface area contributed by atoms with E-state index in [0.29, 0.717) is 16.9 Å². The van der Waals surface area contributed by atoms with E-state index < -0.39 is 51.8 Å². The first kappa shape index (κ1) is 28.2. The monoisotopic (exact) mass is 613 g/mol. The normalized spacial score (nSPS) is 14.0. The predicted octanol–water partition coefficient (Wildman–Crippen LogP) is 6.21. The minimum absolute atomic E-state index is 0.0220. The van der Waals surface area contributed by atoms with Gasteiger partial charge in [-0.15, -0.1) is 11.3 Å². The maximum absolute atomic E-state index is 16.7. The molecule has 0 amide bonds. The molecule has 1 aliphatic heterocycles. The fourth-order valence-electron chi connectivity index (χ4n) is 5.42. The van der Waals surface area contributed by atoms with Crippen molar-refractivity contribution in [1.29, 1.82) is 5.26 Å². The van der Waals surface area contributed by atoms with Gasteiger partial charge in [-0.25, -0.2) is 13.8 Å². The molecule has 9 nitrogen and oxygen atoms in total. The highest BCUT2D eigenvalue weighted by Crippen LogP contribution is 2.53. The van der Waals surface area contributed by atoms with Crippen LogP contribution in [0.3, 0.4) is 0 Å². The zero-order chi connectivity index (χ0) is 30.8. The predicted molar refractivity (Wildman–Crippen MR) is 151 cm³/mol. The molecule has 4 heterocycles. The van der Waals surface area contributed by atoms with Crippen molar-refractivity contribution >= 4 is 49.0 Å². The molecule has 43 heavy (non-hydrogen) atoms. The first-order valence-electron chi connectivity index (χ1n) is 12.7. The van der Waals surface area contributed by atoms with Gasteiger partial charge in [0, 0.05) is 22.7 Å². The van der Waals surface area contributed by atoms with Gasteiger partial charge in [0.2, 0.25) is 0 Å². The van der Waals surface area contributed by atoms with Crippen LogP contribution in [-0.2, 0) is 6.18 Å². The number of halogens is 5. The van der Waals surface area contributed by atoms with Crippen molar-refractivity contribution in [2.24, 2.45) is 0 Å². The van der Waals surface area contributed by atoms with Crippen molar-refractivity contribution in [2.45, 2.75) is 19.1 Å². The number of benzene rings is 2. The summed E-state index contributed by atoms with van der Waals surface area (Å²) in [7, 11) is 1.23. The lowest BCUT2D eigenvalue weighted by molar-refractivity contribution is -0.138. The van der Waals surface area contributed by atoms with Crippen LogP contribution in [0.2, 0.25) is 0 Å². The second-order valence-corrected chi connectivity index (χ2v) is 10.6. The molecule has 0 saturated carbocycles. The van der Waals surface area contributed by atoms with Crippen molar-refractivity contribution in [3.63, 3.8) is 0 Å². The molecule has 1 aliphatic rings. The summed E-state index contributed by atoms with van der Waals surface area (Å²) < 4.78 is 87.5. The number of nitrogens with zero attached hydrogens (tertiary/aromatic N) is 5. The lowest BCUT2D eigenvalue weighted by Gasteiger charge is -2.30. The van der Waals surface area contributed by atoms with Gasteiger partial charge in [-0.3, -0.25) is 0 Å². The summed E-state index contributed by atoms with van der Waals surface area (Å²) in [5.74, 6) is -2.83. The van der Waals surface area contributed by atoms with E-state index >= 15 is 17.6 Å². The van der Waals surface area contributed by atoms with E-state index in [-0.39, 0.29) is 56.8 Å². The van der Waals surface area contributed by atoms with E-state index in [2.05, 4.69) is 15.0 Å². The number of rotatable bonds is 4. The van der Waals surface area contributed by atoms with Crippen molar-refractivity contribution in [3.05, 3.63) is 58.8 Å². The van der Waals surface area contributed by atoms with Gasteiger partial charge in [-0.05, 0) is 24.6 Å². The number of pyridine rings is 1. The number of hydrogen-bond donors (Lipinski definition) is 2. The molecule has 4 N–H and O–H groups in total. The molecule has 0 unspecified atom stereocenters. The molecule has 0 fully saturated rings. The Morgan fingerprint density at radius 2 is 1.93 bits per heavy atom. The number of alkyl halides is 3. The fourth-order valence-corrected chi connectivity index (χ4v) is 6.37. The van der Waals surface area contributed by atoms with Gasteiger partial charge in [-0.2, -0.15) is 28.4 Å². The standard InChI is InChI=1S/C28H20F5N7O2S/c1-11(12-4-3-7-37-24(12)35)40-8-9-42-22-18-21(38-27(41-2)39-26(18)40)20(30)17(19(22)28(31,32)33)13-5-6-15(29)23-16(13)14(10-34)25(36)43-23/h3-7,11H,8-9,36H2,1-2H3,(H2,35,37)/t11-/m1/s1. The Balaban J connectivity index is 1.76. The van der Waals surface area contributed by atoms with E-state index in [1.54, 1.807) is 30.0 Å². The Morgan fingerprint density at radius 1 is 1.16 bits per heavy atom. The molecule has 3 aromatic heterocycles. The Hall–Kier alpha value is -4.97. The minimum Gasteiger partial charge on any atom is -0.490 e. The molecule has 5 aromatic rings. The molecule has 220 valence electrons. The van der Waals surface area contributed by atoms with Gasteiger partial charge in [0.15, 0.2) is 5.82 Å². The van der Waals surface area contributed by atoms with Crippen molar-refractivity contribution in [1.82, 2.24) is 15.0 Å². The molecule has 0 aliphatic carbocycles. The van der Waals surface area contributed by atoms with Crippen LogP contribution >= 0.6 is 11.3 Å². The molecule has 0 bridgehead atoms. The molecule has 1 atom stereocenters. The molecule has 0 radical (unpaired) electrons. The third kappa shape index (κ3) is 4.28. The minimum atomic E-state index is -5.18. The fraction of sp³-hybridized carbons (Fsp3) is 0.214. The molecule has 6 rings (SSSR count). The number of anilines is 3. The number of ether oxygens (including phenoxy) is 2. The maximum Gasteiger partial charge on any atom is 0.420 e. The highest BCUT2D eigenvalue weighted by molar-refractivity contribution is 7.23. The van der Waals surface area contributed by atoms with Crippen LogP contribution in [0.1, 0.15) is 29.7 Å². The molecule has 0 saturated heterocycles. The van der Waals surface area contributed by atoms with E-state index in [4.69, 9.17) is 20.9 Å². The number of nitrogen functional groups attached to an aromatic ring is 2. The smallest absolute Gasteiger partial charge is 0.420 e. The zero-order valence-electron chi connectivity index (χ0n) is 22.4. The summed E-state index contributed by atoms with van der Waals surface area (Å²) in [6.07, 6.45) is -3.68. The van der Waals surface area contributed by atoms with Crippen molar-refractivity contribution in [2.75, 3.05) is 36.6 Å². The number of aromatic nitrogens is 3. The van der Waals surface area contributed by atoms with E-state index in [1.807, 2.05) is 0 Å². The lowest BCUT2D eigenvalue weighted by Crippen LogP contribution is -2.31. The third-order valence-corrected chi connectivity index (χ3v) is 8.33. The van der Waals surface area contributed by atoms with Gasteiger partial charge in [0.05, 0.1) is 35.3 Å². The van der Waals surface area contributed by atoms with Gasteiger partial charge < -0.3 is 25.8 Å². The van der Waals surface area contributed by atoms with Gasteiger partial charge in [0.1, 0.15) is 52.0 Å². The summed E-state index contributed by atoms with van der Waals surface area (Å²) in [5, 5.41) is 9.02. The molecular weight excluding hydrogens is 593 g/mol. The number of methoxy groups -OCH3 is 1. The Labute approximate surface area is 244 Å². The second-order valence-electron chi connectivity index (χ2n) is 9.60. The van der Waals surface area contributed by atoms with Gasteiger partial charge in [-0.1, -0.05) is 12.1 Å². The molecule has 0 spiro atoms. The summed E-state index contributed by atoms with van der Waals surface area (Å²) in [5.41, 5.74) is 8.91. The van der Waals surface area contributed by atoms with E-state index in [0.717, 1.165) is 12.1 Å². The highest BCUT2D eigenvalue weighted by Gasteiger charge is 2.44. The largest absolute Gasteiger partial charge is 0.490 e. The van der Waals surface area contributed by atoms with Crippen molar-refractivity contribution in [3.8, 4) is 29.0 Å². The quantitative estimate of drug-likeness (QED) is 0.227. The number of nitriles is 1. The maximum atomic E-state index is 16.7. The highest BCUT2D eigenvalue weighted by atomic mass is 32.1. The summed E-state index contributed by atoms with van der Waals surface area (Å²) in [4.78, 5) is 14.1. The molecular formula is C28H20F5N7O2S. The third-order valence-electron chi connectivity index (χ3n) is 7.31. The number of fused-ring (bicyclic) bond motifs is 1. The average molecular weight is 614 g/mol. The van der Waals surface area contributed by atoms with Crippen molar-refractivity contribution < 1.29 is 31.4 Å². The van der Waals surface area contributed by atoms with Gasteiger partial charge >= 0.3 is 12.2 Å². The number of hydrogen-bond acceptors (Lipinski definition) is 10. The molecule has 2 aromatic carbocycles. The molecule has 15 heteroatoms. The first-order chi connectivity index (χ1) is 20.5. The Bertz CT molecular complexity index is 1990. The zero-order valence-corrected chi connectivity index (χ0v) is 23.2. The topological polar surface area (TPSA) is 136 Å². The van der Waals surface area contributed by atoms with Crippen LogP contribution in [0.4, 0.5) is 38.6 Å². The SMILES string of the molecule is COc1nc2c3c(c(C(F)(F)F)c(-c4ccc(F)c5sc(N)c(C#N)c45)c(F)c3n1)OCCN2[C@H](C)c1cccnc1N. The van der Waals surface area contributed by atoms with E-state index in [1.165, 1.54) is 13.3 Å². The number of nitrogens with two attached hydrogens (primary N) is 2. The van der Waals surface area contributed by atoms with Crippen LogP contribution in [0.25, 0.3) is 32.1 Å². The summed E-state index contributed by atoms with van der Waals surface area (Å²) >= 11 is 0.675. The van der Waals surface area contributed by atoms with E-state index in [9.17, 15) is 9.65 Å². The average Bonchev–Trinajstić information content (AvgIpc) is 3.20. The van der Waals surface area contributed by atoms with Crippen LogP contribution in [0.5, 0.6) is 11.8 Å². The Morgan fingerprint density at radius 3 is 2.60 bits per heavy atom.